The van der Waals surface area contributed by atoms with E-state index >= 15 is 0 Å². The minimum atomic E-state index is -3.51. The number of anilines is 1. The molecule has 0 bridgehead atoms. The Morgan fingerprint density at radius 2 is 1.89 bits per heavy atom. The summed E-state index contributed by atoms with van der Waals surface area (Å²) in [6.45, 7) is 5.96. The highest BCUT2D eigenvalue weighted by Gasteiger charge is 2.20. The molecule has 19 heavy (non-hydrogen) atoms. The first-order valence-electron chi connectivity index (χ1n) is 6.38. The van der Waals surface area contributed by atoms with Gasteiger partial charge >= 0.3 is 0 Å². The Bertz CT molecular complexity index is 500. The van der Waals surface area contributed by atoms with Crippen molar-refractivity contribution in [1.82, 2.24) is 4.72 Å². The predicted molar refractivity (Wildman–Crippen MR) is 76.6 cm³/mol. The molecular weight excluding hydrogens is 264 g/mol. The first kappa shape index (κ1) is 15.9. The smallest absolute Gasteiger partial charge is 0.242 e. The van der Waals surface area contributed by atoms with Crippen molar-refractivity contribution in [3.63, 3.8) is 0 Å². The Morgan fingerprint density at radius 1 is 1.26 bits per heavy atom. The highest BCUT2D eigenvalue weighted by molar-refractivity contribution is 7.89. The molecule has 5 nitrogen and oxygen atoms in total. The van der Waals surface area contributed by atoms with E-state index in [2.05, 4.69) is 10.0 Å². The van der Waals surface area contributed by atoms with E-state index in [1.54, 1.807) is 31.2 Å². The highest BCUT2D eigenvalue weighted by Crippen LogP contribution is 2.22. The van der Waals surface area contributed by atoms with E-state index in [9.17, 15) is 13.5 Å². The number of nitrogens with one attached hydrogen (secondary N) is 2. The highest BCUT2D eigenvalue weighted by atomic mass is 32.2. The summed E-state index contributed by atoms with van der Waals surface area (Å²) in [6.07, 6.45) is 0. The number of rotatable bonds is 7. The molecule has 1 atom stereocenters. The van der Waals surface area contributed by atoms with Crippen molar-refractivity contribution in [3.05, 3.63) is 24.3 Å². The van der Waals surface area contributed by atoms with E-state index < -0.39 is 10.0 Å². The monoisotopic (exact) mass is 286 g/mol. The molecule has 0 saturated carbocycles. The summed E-state index contributed by atoms with van der Waals surface area (Å²) in [4.78, 5) is 0.205. The van der Waals surface area contributed by atoms with Crippen LogP contribution < -0.4 is 10.0 Å². The molecule has 0 aliphatic heterocycles. The van der Waals surface area contributed by atoms with Crippen LogP contribution in [-0.2, 0) is 10.0 Å². The van der Waals surface area contributed by atoms with Crippen molar-refractivity contribution < 1.29 is 13.5 Å². The summed E-state index contributed by atoms with van der Waals surface area (Å²) in [6, 6.07) is 6.52. The van der Waals surface area contributed by atoms with Gasteiger partial charge in [0.1, 0.15) is 4.90 Å². The summed E-state index contributed by atoms with van der Waals surface area (Å²) in [5.74, 6) is 0.194. The van der Waals surface area contributed by atoms with E-state index in [0.717, 1.165) is 0 Å². The average Bonchev–Trinajstić information content (AvgIpc) is 2.35. The summed E-state index contributed by atoms with van der Waals surface area (Å²) >= 11 is 0. The molecule has 0 saturated heterocycles. The van der Waals surface area contributed by atoms with E-state index in [4.69, 9.17) is 0 Å². The first-order valence-corrected chi connectivity index (χ1v) is 7.86. The molecule has 1 aromatic rings. The lowest BCUT2D eigenvalue weighted by molar-refractivity contribution is 0.249. The normalized spacial score (nSPS) is 13.5. The molecule has 0 aliphatic carbocycles. The molecule has 0 aromatic heterocycles. The van der Waals surface area contributed by atoms with Crippen molar-refractivity contribution in [2.75, 3.05) is 18.5 Å². The van der Waals surface area contributed by atoms with Crippen molar-refractivity contribution >= 4 is 15.7 Å². The maximum atomic E-state index is 12.1. The molecule has 3 N–H and O–H groups in total. The van der Waals surface area contributed by atoms with Crippen LogP contribution in [0.5, 0.6) is 0 Å². The lowest BCUT2D eigenvalue weighted by atomic mass is 10.1. The minimum Gasteiger partial charge on any atom is -0.394 e. The van der Waals surface area contributed by atoms with E-state index in [1.807, 2.05) is 13.8 Å². The third-order valence-corrected chi connectivity index (χ3v) is 4.46. The molecule has 0 spiro atoms. The van der Waals surface area contributed by atoms with E-state index in [1.165, 1.54) is 0 Å². The topological polar surface area (TPSA) is 78.4 Å². The Morgan fingerprint density at radius 3 is 2.42 bits per heavy atom. The summed E-state index contributed by atoms with van der Waals surface area (Å²) in [5, 5.41) is 12.4. The van der Waals surface area contributed by atoms with Crippen LogP contribution in [0, 0.1) is 5.92 Å². The molecule has 0 fully saturated rings. The van der Waals surface area contributed by atoms with Gasteiger partial charge in [0.05, 0.1) is 18.3 Å². The van der Waals surface area contributed by atoms with Crippen molar-refractivity contribution in [1.29, 1.82) is 0 Å². The summed E-state index contributed by atoms with van der Waals surface area (Å²) < 4.78 is 26.6. The van der Waals surface area contributed by atoms with Crippen LogP contribution >= 0.6 is 0 Å². The van der Waals surface area contributed by atoms with Gasteiger partial charge < -0.3 is 10.4 Å². The van der Waals surface area contributed by atoms with Crippen molar-refractivity contribution in [2.24, 2.45) is 5.92 Å². The second-order valence-corrected chi connectivity index (χ2v) is 6.41. The standard InChI is InChI=1S/C13H22N2O3S/c1-4-14-19(17,18)13-8-6-5-7-11(13)15-12(9-16)10(2)3/h5-8,10,12,14-16H,4,9H2,1-3H3/t12-/m1/s1. The Labute approximate surface area is 115 Å². The number of aliphatic hydroxyl groups is 1. The average molecular weight is 286 g/mol. The SMILES string of the molecule is CCNS(=O)(=O)c1ccccc1N[C@H](CO)C(C)C. The first-order chi connectivity index (χ1) is 8.92. The molecule has 0 radical (unpaired) electrons. The van der Waals surface area contributed by atoms with E-state index in [-0.39, 0.29) is 23.5 Å². The van der Waals surface area contributed by atoms with Gasteiger partial charge in [-0.3, -0.25) is 0 Å². The summed E-state index contributed by atoms with van der Waals surface area (Å²) in [7, 11) is -3.51. The molecule has 1 rings (SSSR count). The van der Waals surface area contributed by atoms with Gasteiger partial charge in [-0.05, 0) is 18.1 Å². The van der Waals surface area contributed by atoms with Gasteiger partial charge in [-0.15, -0.1) is 0 Å². The van der Waals surface area contributed by atoms with Crippen LogP contribution in [0.1, 0.15) is 20.8 Å². The molecule has 6 heteroatoms. The van der Waals surface area contributed by atoms with Crippen LogP contribution in [0.3, 0.4) is 0 Å². The van der Waals surface area contributed by atoms with Gasteiger partial charge in [0.25, 0.3) is 0 Å². The molecule has 0 heterocycles. The molecule has 0 unspecified atom stereocenters. The number of sulfonamides is 1. The second-order valence-electron chi connectivity index (χ2n) is 4.67. The third kappa shape index (κ3) is 4.19. The number of hydrogen-bond acceptors (Lipinski definition) is 4. The lowest BCUT2D eigenvalue weighted by Crippen LogP contribution is -2.31. The Balaban J connectivity index is 3.09. The van der Waals surface area contributed by atoms with E-state index in [0.29, 0.717) is 12.2 Å². The molecule has 1 aromatic carbocycles. The van der Waals surface area contributed by atoms with Gasteiger partial charge in [0.2, 0.25) is 10.0 Å². The van der Waals surface area contributed by atoms with Gasteiger partial charge in [0.15, 0.2) is 0 Å². The van der Waals surface area contributed by atoms with Crippen LogP contribution in [-0.4, -0.2) is 32.7 Å². The molecule has 0 aliphatic rings. The Kier molecular flexibility index (Phi) is 5.78. The fraction of sp³-hybridized carbons (Fsp3) is 0.538. The largest absolute Gasteiger partial charge is 0.394 e. The minimum absolute atomic E-state index is 0.0484. The predicted octanol–water partition coefficient (Wildman–Crippen LogP) is 1.41. The number of hydrogen-bond donors (Lipinski definition) is 3. The third-order valence-electron chi connectivity index (χ3n) is 2.85. The second kappa shape index (κ2) is 6.88. The summed E-state index contributed by atoms with van der Waals surface area (Å²) in [5.41, 5.74) is 0.510. The zero-order chi connectivity index (χ0) is 14.5. The van der Waals surface area contributed by atoms with Crippen LogP contribution in [0.2, 0.25) is 0 Å². The zero-order valence-electron chi connectivity index (χ0n) is 11.6. The van der Waals surface area contributed by atoms with Crippen LogP contribution in [0.15, 0.2) is 29.2 Å². The fourth-order valence-corrected chi connectivity index (χ4v) is 2.92. The van der Waals surface area contributed by atoms with Gasteiger partial charge in [-0.1, -0.05) is 32.9 Å². The maximum absolute atomic E-state index is 12.1. The maximum Gasteiger partial charge on any atom is 0.242 e. The lowest BCUT2D eigenvalue weighted by Gasteiger charge is -2.22. The molecule has 108 valence electrons. The number of aliphatic hydroxyl groups excluding tert-OH is 1. The molecule has 0 amide bonds. The number of para-hydroxylation sites is 1. The van der Waals surface area contributed by atoms with Gasteiger partial charge in [-0.2, -0.15) is 0 Å². The quantitative estimate of drug-likeness (QED) is 0.708. The Hall–Kier alpha value is -1.11. The van der Waals surface area contributed by atoms with Crippen molar-refractivity contribution in [3.8, 4) is 0 Å². The fourth-order valence-electron chi connectivity index (χ4n) is 1.71. The van der Waals surface area contributed by atoms with Crippen LogP contribution in [0.25, 0.3) is 0 Å². The molecular formula is C13H22N2O3S. The van der Waals surface area contributed by atoms with Gasteiger partial charge in [-0.25, -0.2) is 13.1 Å². The van der Waals surface area contributed by atoms with Crippen molar-refractivity contribution in [2.45, 2.75) is 31.7 Å². The van der Waals surface area contributed by atoms with Crippen LogP contribution in [0.4, 0.5) is 5.69 Å². The zero-order valence-corrected chi connectivity index (χ0v) is 12.4. The number of benzene rings is 1. The van der Waals surface area contributed by atoms with Gasteiger partial charge in [0, 0.05) is 6.54 Å².